The molecule has 0 amide bonds. The van der Waals surface area contributed by atoms with Crippen molar-refractivity contribution in [1.29, 1.82) is 0 Å². The summed E-state index contributed by atoms with van der Waals surface area (Å²) in [5.41, 5.74) is 0. The summed E-state index contributed by atoms with van der Waals surface area (Å²) in [5, 5.41) is 8.78. The van der Waals surface area contributed by atoms with Crippen molar-refractivity contribution in [2.24, 2.45) is 5.92 Å². The molecule has 1 rings (SSSR count). The lowest BCUT2D eigenvalue weighted by molar-refractivity contribution is 0.0641. The third kappa shape index (κ3) is 2.20. The van der Waals surface area contributed by atoms with E-state index in [9.17, 15) is 0 Å². The Labute approximate surface area is 75.6 Å². The molecule has 1 aliphatic carbocycles. The lowest BCUT2D eigenvalue weighted by Crippen LogP contribution is -2.46. The number of rotatable bonds is 5. The Bertz CT molecular complexity index is 119. The molecule has 2 atom stereocenters. The topological polar surface area (TPSA) is 23.5 Å². The first-order valence-electron chi connectivity index (χ1n) is 5.10. The summed E-state index contributed by atoms with van der Waals surface area (Å²) in [6.45, 7) is 3.39. The van der Waals surface area contributed by atoms with Crippen molar-refractivity contribution in [3.8, 4) is 0 Å². The molecular weight excluding hydrogens is 150 g/mol. The van der Waals surface area contributed by atoms with Crippen LogP contribution in [0.1, 0.15) is 32.6 Å². The number of aliphatic hydroxyl groups is 1. The molecule has 1 saturated carbocycles. The van der Waals surface area contributed by atoms with Crippen LogP contribution in [0.3, 0.4) is 0 Å². The van der Waals surface area contributed by atoms with E-state index in [0.717, 1.165) is 18.5 Å². The summed E-state index contributed by atoms with van der Waals surface area (Å²) >= 11 is 0. The van der Waals surface area contributed by atoms with Gasteiger partial charge in [-0.3, -0.25) is 0 Å². The highest BCUT2D eigenvalue weighted by Crippen LogP contribution is 2.34. The highest BCUT2D eigenvalue weighted by molar-refractivity contribution is 4.87. The molecule has 0 heterocycles. The van der Waals surface area contributed by atoms with Gasteiger partial charge in [0.15, 0.2) is 0 Å². The standard InChI is InChI=1S/C10H21NO/c1-3-4-9-5-6-10(9)11(2)7-8-12/h9-10,12H,3-8H2,1-2H3. The number of likely N-dealkylation sites (N-methyl/N-ethyl adjacent to an activating group) is 1. The normalized spacial score (nSPS) is 29.0. The van der Waals surface area contributed by atoms with Crippen LogP contribution in [0.4, 0.5) is 0 Å². The lowest BCUT2D eigenvalue weighted by Gasteiger charge is -2.42. The molecular formula is C10H21NO. The van der Waals surface area contributed by atoms with Crippen LogP contribution in [-0.2, 0) is 0 Å². The summed E-state index contributed by atoms with van der Waals surface area (Å²) in [7, 11) is 2.13. The molecule has 0 radical (unpaired) electrons. The van der Waals surface area contributed by atoms with E-state index in [0.29, 0.717) is 6.61 Å². The quantitative estimate of drug-likeness (QED) is 0.677. The second-order valence-electron chi connectivity index (χ2n) is 3.90. The Hall–Kier alpha value is -0.0800. The Morgan fingerprint density at radius 2 is 2.17 bits per heavy atom. The number of nitrogens with zero attached hydrogens (tertiary/aromatic N) is 1. The average molecular weight is 171 g/mol. The minimum atomic E-state index is 0.297. The Kier molecular flexibility index (Phi) is 4.02. The monoisotopic (exact) mass is 171 g/mol. The molecule has 1 N–H and O–H groups in total. The number of hydrogen-bond donors (Lipinski definition) is 1. The Morgan fingerprint density at radius 3 is 2.58 bits per heavy atom. The van der Waals surface area contributed by atoms with E-state index < -0.39 is 0 Å². The Morgan fingerprint density at radius 1 is 1.42 bits per heavy atom. The van der Waals surface area contributed by atoms with Crippen molar-refractivity contribution in [3.63, 3.8) is 0 Å². The first kappa shape index (κ1) is 10.0. The molecule has 72 valence electrons. The molecule has 0 bridgehead atoms. The molecule has 1 aliphatic rings. The maximum Gasteiger partial charge on any atom is 0.0558 e. The third-order valence-corrected chi connectivity index (χ3v) is 3.06. The van der Waals surface area contributed by atoms with Crippen LogP contribution in [-0.4, -0.2) is 36.2 Å². The molecule has 0 aromatic rings. The minimum Gasteiger partial charge on any atom is -0.395 e. The van der Waals surface area contributed by atoms with Gasteiger partial charge in [0.05, 0.1) is 6.61 Å². The highest BCUT2D eigenvalue weighted by Gasteiger charge is 2.32. The largest absolute Gasteiger partial charge is 0.395 e. The van der Waals surface area contributed by atoms with Crippen molar-refractivity contribution in [1.82, 2.24) is 4.90 Å². The van der Waals surface area contributed by atoms with Crippen molar-refractivity contribution in [2.75, 3.05) is 20.2 Å². The first-order chi connectivity index (χ1) is 5.79. The van der Waals surface area contributed by atoms with Crippen LogP contribution in [0.25, 0.3) is 0 Å². The summed E-state index contributed by atoms with van der Waals surface area (Å²) < 4.78 is 0. The summed E-state index contributed by atoms with van der Waals surface area (Å²) in [5.74, 6) is 0.909. The molecule has 12 heavy (non-hydrogen) atoms. The van der Waals surface area contributed by atoms with Crippen LogP contribution in [0.5, 0.6) is 0 Å². The van der Waals surface area contributed by atoms with Gasteiger partial charge in [-0.25, -0.2) is 0 Å². The summed E-state index contributed by atoms with van der Waals surface area (Å²) in [6, 6.07) is 0.761. The lowest BCUT2D eigenvalue weighted by atomic mass is 9.76. The molecule has 2 heteroatoms. The van der Waals surface area contributed by atoms with Gasteiger partial charge in [-0.15, -0.1) is 0 Å². The zero-order valence-electron chi connectivity index (χ0n) is 8.29. The smallest absolute Gasteiger partial charge is 0.0558 e. The molecule has 0 spiro atoms. The van der Waals surface area contributed by atoms with Crippen molar-refractivity contribution in [3.05, 3.63) is 0 Å². The minimum absolute atomic E-state index is 0.297. The second-order valence-corrected chi connectivity index (χ2v) is 3.90. The van der Waals surface area contributed by atoms with Crippen LogP contribution >= 0.6 is 0 Å². The molecule has 0 aliphatic heterocycles. The SMILES string of the molecule is CCCC1CCC1N(C)CCO. The van der Waals surface area contributed by atoms with E-state index in [1.807, 2.05) is 0 Å². The van der Waals surface area contributed by atoms with E-state index in [2.05, 4.69) is 18.9 Å². The van der Waals surface area contributed by atoms with Crippen LogP contribution in [0, 0.1) is 5.92 Å². The predicted molar refractivity (Wildman–Crippen MR) is 51.1 cm³/mol. The van der Waals surface area contributed by atoms with Crippen LogP contribution in [0.15, 0.2) is 0 Å². The maximum absolute atomic E-state index is 8.78. The third-order valence-electron chi connectivity index (χ3n) is 3.06. The van der Waals surface area contributed by atoms with Crippen LogP contribution in [0.2, 0.25) is 0 Å². The van der Waals surface area contributed by atoms with E-state index in [4.69, 9.17) is 5.11 Å². The molecule has 0 aromatic carbocycles. The van der Waals surface area contributed by atoms with Gasteiger partial charge >= 0.3 is 0 Å². The van der Waals surface area contributed by atoms with E-state index >= 15 is 0 Å². The van der Waals surface area contributed by atoms with E-state index in [-0.39, 0.29) is 0 Å². The summed E-state index contributed by atoms with van der Waals surface area (Å²) in [6.07, 6.45) is 5.39. The maximum atomic E-state index is 8.78. The van der Waals surface area contributed by atoms with E-state index in [1.54, 1.807) is 0 Å². The van der Waals surface area contributed by atoms with Gasteiger partial charge in [0, 0.05) is 12.6 Å². The number of hydrogen-bond acceptors (Lipinski definition) is 2. The molecule has 0 saturated heterocycles. The molecule has 2 nitrogen and oxygen atoms in total. The first-order valence-corrected chi connectivity index (χ1v) is 5.10. The Balaban J connectivity index is 2.22. The average Bonchev–Trinajstić information content (AvgIpc) is 1.98. The van der Waals surface area contributed by atoms with Gasteiger partial charge in [-0.2, -0.15) is 0 Å². The fourth-order valence-electron chi connectivity index (χ4n) is 2.16. The molecule has 2 unspecified atom stereocenters. The zero-order chi connectivity index (χ0) is 8.97. The van der Waals surface area contributed by atoms with Crippen molar-refractivity contribution >= 4 is 0 Å². The second kappa shape index (κ2) is 4.83. The zero-order valence-corrected chi connectivity index (χ0v) is 8.29. The summed E-state index contributed by atoms with van der Waals surface area (Å²) in [4.78, 5) is 2.31. The number of aliphatic hydroxyl groups excluding tert-OH is 1. The predicted octanol–water partition coefficient (Wildman–Crippen LogP) is 1.49. The van der Waals surface area contributed by atoms with Gasteiger partial charge in [0.25, 0.3) is 0 Å². The van der Waals surface area contributed by atoms with Crippen molar-refractivity contribution in [2.45, 2.75) is 38.6 Å². The fraction of sp³-hybridized carbons (Fsp3) is 1.00. The molecule has 1 fully saturated rings. The van der Waals surface area contributed by atoms with Crippen molar-refractivity contribution < 1.29 is 5.11 Å². The van der Waals surface area contributed by atoms with Gasteiger partial charge < -0.3 is 10.0 Å². The van der Waals surface area contributed by atoms with Gasteiger partial charge in [-0.1, -0.05) is 13.3 Å². The van der Waals surface area contributed by atoms with Gasteiger partial charge in [-0.05, 0) is 32.2 Å². The van der Waals surface area contributed by atoms with Gasteiger partial charge in [0.2, 0.25) is 0 Å². The highest BCUT2D eigenvalue weighted by atomic mass is 16.3. The molecule has 0 aromatic heterocycles. The fourth-order valence-corrected chi connectivity index (χ4v) is 2.16. The van der Waals surface area contributed by atoms with E-state index in [1.165, 1.54) is 25.7 Å². The van der Waals surface area contributed by atoms with Crippen LogP contribution < -0.4 is 0 Å². The van der Waals surface area contributed by atoms with Gasteiger partial charge in [0.1, 0.15) is 0 Å².